The zero-order valence-electron chi connectivity index (χ0n) is 12.6. The lowest BCUT2D eigenvalue weighted by Crippen LogP contribution is -2.37. The fraction of sp³-hybridized carbons (Fsp3) is 0.429. The first kappa shape index (κ1) is 15.0. The third-order valence-corrected chi connectivity index (χ3v) is 5.44. The van der Waals surface area contributed by atoms with E-state index >= 15 is 0 Å². The van der Waals surface area contributed by atoms with Gasteiger partial charge in [-0.15, -0.1) is 0 Å². The van der Waals surface area contributed by atoms with E-state index < -0.39 is 10.2 Å². The Hall–Kier alpha value is -1.93. The van der Waals surface area contributed by atoms with Gasteiger partial charge in [0.25, 0.3) is 0 Å². The van der Waals surface area contributed by atoms with Crippen LogP contribution >= 0.6 is 0 Å². The van der Waals surface area contributed by atoms with Gasteiger partial charge in [-0.05, 0) is 51.0 Å². The number of rotatable bonds is 4. The van der Waals surface area contributed by atoms with Gasteiger partial charge in [-0.25, -0.2) is 4.98 Å². The van der Waals surface area contributed by atoms with E-state index in [1.807, 2.05) is 13.8 Å². The van der Waals surface area contributed by atoms with Gasteiger partial charge in [0.05, 0.1) is 0 Å². The lowest BCUT2D eigenvalue weighted by atomic mass is 10.2. The largest absolute Gasteiger partial charge is 0.301 e. The van der Waals surface area contributed by atoms with E-state index in [1.165, 1.54) is 4.31 Å². The molecule has 1 unspecified atom stereocenters. The second-order valence-electron chi connectivity index (χ2n) is 5.53. The molecule has 1 saturated heterocycles. The molecule has 1 aliphatic rings. The first-order valence-electron chi connectivity index (χ1n) is 7.25. The van der Waals surface area contributed by atoms with Gasteiger partial charge in [0, 0.05) is 23.8 Å². The zero-order chi connectivity index (χ0) is 15.7. The van der Waals surface area contributed by atoms with Gasteiger partial charge in [0.15, 0.2) is 5.82 Å². The van der Waals surface area contributed by atoms with Crippen LogP contribution < -0.4 is 4.72 Å². The van der Waals surface area contributed by atoms with Crippen molar-refractivity contribution < 1.29 is 8.42 Å². The van der Waals surface area contributed by atoms with Crippen LogP contribution in [0.25, 0.3) is 11.4 Å². The van der Waals surface area contributed by atoms with Gasteiger partial charge >= 0.3 is 10.2 Å². The molecular weight excluding hydrogens is 302 g/mol. The van der Waals surface area contributed by atoms with Crippen LogP contribution in [0.2, 0.25) is 0 Å². The van der Waals surface area contributed by atoms with E-state index in [0.29, 0.717) is 18.1 Å². The number of H-pyrrole nitrogens is 1. The van der Waals surface area contributed by atoms with Gasteiger partial charge in [-0.1, -0.05) is 0 Å². The Morgan fingerprint density at radius 3 is 2.59 bits per heavy atom. The second kappa shape index (κ2) is 5.69. The van der Waals surface area contributed by atoms with Crippen molar-refractivity contribution in [2.24, 2.45) is 0 Å². The van der Waals surface area contributed by atoms with Crippen molar-refractivity contribution in [3.05, 3.63) is 30.1 Å². The Bertz CT molecular complexity index is 754. The van der Waals surface area contributed by atoms with Crippen LogP contribution in [0.15, 0.2) is 24.3 Å². The van der Waals surface area contributed by atoms with E-state index in [0.717, 1.165) is 24.2 Å². The monoisotopic (exact) mass is 321 g/mol. The fourth-order valence-corrected chi connectivity index (χ4v) is 4.13. The Morgan fingerprint density at radius 1 is 1.32 bits per heavy atom. The van der Waals surface area contributed by atoms with Gasteiger partial charge < -0.3 is 0 Å². The van der Waals surface area contributed by atoms with Crippen molar-refractivity contribution >= 4 is 15.9 Å². The molecule has 1 atom stereocenters. The first-order valence-corrected chi connectivity index (χ1v) is 8.69. The van der Waals surface area contributed by atoms with Crippen LogP contribution in [-0.2, 0) is 10.2 Å². The molecule has 8 heteroatoms. The van der Waals surface area contributed by atoms with Crippen LogP contribution in [-0.4, -0.2) is 40.5 Å². The number of aryl methyl sites for hydroxylation is 1. The normalized spacial score (nSPS) is 19.5. The highest BCUT2D eigenvalue weighted by Gasteiger charge is 2.31. The number of hydrogen-bond acceptors (Lipinski definition) is 4. The number of nitrogens with one attached hydrogen (secondary N) is 2. The standard InChI is InChI=1S/C14H19N5O2S/c1-10-4-3-9-19(10)22(20,21)18-13-7-5-12(6-8-13)14-15-11(2)16-17-14/h5-8,10,18H,3-4,9H2,1-2H3,(H,15,16,17). The summed E-state index contributed by atoms with van der Waals surface area (Å²) in [4.78, 5) is 4.24. The molecule has 22 heavy (non-hydrogen) atoms. The summed E-state index contributed by atoms with van der Waals surface area (Å²) >= 11 is 0. The number of anilines is 1. The summed E-state index contributed by atoms with van der Waals surface area (Å²) in [6, 6.07) is 7.09. The molecule has 1 aromatic carbocycles. The molecule has 2 aromatic rings. The molecule has 2 heterocycles. The fourth-order valence-electron chi connectivity index (χ4n) is 2.63. The van der Waals surface area contributed by atoms with Crippen LogP contribution in [0.4, 0.5) is 5.69 Å². The number of aromatic amines is 1. The van der Waals surface area contributed by atoms with Crippen molar-refractivity contribution in [1.82, 2.24) is 19.5 Å². The van der Waals surface area contributed by atoms with Gasteiger partial charge in [0.1, 0.15) is 5.82 Å². The second-order valence-corrected chi connectivity index (χ2v) is 7.15. The predicted molar refractivity (Wildman–Crippen MR) is 84.5 cm³/mol. The lowest BCUT2D eigenvalue weighted by molar-refractivity contribution is 0.412. The molecule has 0 amide bonds. The summed E-state index contributed by atoms with van der Waals surface area (Å²) in [7, 11) is -3.49. The highest BCUT2D eigenvalue weighted by Crippen LogP contribution is 2.23. The average molecular weight is 321 g/mol. The third-order valence-electron chi connectivity index (χ3n) is 3.79. The van der Waals surface area contributed by atoms with E-state index in [-0.39, 0.29) is 6.04 Å². The van der Waals surface area contributed by atoms with Crippen LogP contribution in [0, 0.1) is 6.92 Å². The highest BCUT2D eigenvalue weighted by molar-refractivity contribution is 7.90. The third kappa shape index (κ3) is 2.97. The average Bonchev–Trinajstić information content (AvgIpc) is 3.08. The summed E-state index contributed by atoms with van der Waals surface area (Å²) in [6.45, 7) is 4.34. The van der Waals surface area contributed by atoms with Crippen molar-refractivity contribution in [3.8, 4) is 11.4 Å². The number of benzene rings is 1. The maximum absolute atomic E-state index is 12.4. The summed E-state index contributed by atoms with van der Waals surface area (Å²) < 4.78 is 28.8. The van der Waals surface area contributed by atoms with Gasteiger partial charge in [-0.3, -0.25) is 9.82 Å². The minimum Gasteiger partial charge on any atom is -0.271 e. The Kier molecular flexibility index (Phi) is 3.88. The molecule has 0 aliphatic carbocycles. The number of nitrogens with zero attached hydrogens (tertiary/aromatic N) is 3. The molecule has 0 radical (unpaired) electrons. The Labute approximate surface area is 129 Å². The zero-order valence-corrected chi connectivity index (χ0v) is 13.4. The highest BCUT2D eigenvalue weighted by atomic mass is 32.2. The molecule has 3 rings (SSSR count). The molecule has 2 N–H and O–H groups in total. The minimum absolute atomic E-state index is 0.0491. The molecule has 118 valence electrons. The summed E-state index contributed by atoms with van der Waals surface area (Å²) in [5.41, 5.74) is 1.37. The molecule has 1 aromatic heterocycles. The van der Waals surface area contributed by atoms with E-state index in [2.05, 4.69) is 19.9 Å². The van der Waals surface area contributed by atoms with Crippen LogP contribution in [0.5, 0.6) is 0 Å². The number of aromatic nitrogens is 3. The van der Waals surface area contributed by atoms with Gasteiger partial charge in [0.2, 0.25) is 0 Å². The molecule has 7 nitrogen and oxygen atoms in total. The van der Waals surface area contributed by atoms with Crippen molar-refractivity contribution in [3.63, 3.8) is 0 Å². The molecule has 0 bridgehead atoms. The molecule has 0 spiro atoms. The topological polar surface area (TPSA) is 91.0 Å². The molecular formula is C14H19N5O2S. The maximum Gasteiger partial charge on any atom is 0.301 e. The predicted octanol–water partition coefficient (Wildman–Crippen LogP) is 1.92. The summed E-state index contributed by atoms with van der Waals surface area (Å²) in [5.74, 6) is 1.34. The first-order chi connectivity index (χ1) is 10.5. The van der Waals surface area contributed by atoms with Gasteiger partial charge in [-0.2, -0.15) is 17.8 Å². The molecule has 1 aliphatic heterocycles. The maximum atomic E-state index is 12.4. The van der Waals surface area contributed by atoms with Crippen molar-refractivity contribution in [1.29, 1.82) is 0 Å². The van der Waals surface area contributed by atoms with E-state index in [9.17, 15) is 8.42 Å². The smallest absolute Gasteiger partial charge is 0.271 e. The number of hydrogen-bond donors (Lipinski definition) is 2. The van der Waals surface area contributed by atoms with Crippen molar-refractivity contribution in [2.45, 2.75) is 32.7 Å². The molecule has 0 saturated carbocycles. The molecule has 1 fully saturated rings. The quantitative estimate of drug-likeness (QED) is 0.900. The summed E-state index contributed by atoms with van der Waals surface area (Å²) in [5, 5.41) is 6.86. The lowest BCUT2D eigenvalue weighted by Gasteiger charge is -2.21. The SMILES string of the molecule is Cc1nc(-c2ccc(NS(=O)(=O)N3CCCC3C)cc2)n[nH]1. The van der Waals surface area contributed by atoms with Crippen LogP contribution in [0.3, 0.4) is 0 Å². The summed E-state index contributed by atoms with van der Waals surface area (Å²) in [6.07, 6.45) is 1.81. The Morgan fingerprint density at radius 2 is 2.05 bits per heavy atom. The van der Waals surface area contributed by atoms with Crippen molar-refractivity contribution in [2.75, 3.05) is 11.3 Å². The van der Waals surface area contributed by atoms with Crippen LogP contribution in [0.1, 0.15) is 25.6 Å². The minimum atomic E-state index is -3.49. The Balaban J connectivity index is 1.76. The van der Waals surface area contributed by atoms with E-state index in [4.69, 9.17) is 0 Å². The van der Waals surface area contributed by atoms with E-state index in [1.54, 1.807) is 24.3 Å².